The van der Waals surface area contributed by atoms with E-state index in [4.69, 9.17) is 0 Å². The summed E-state index contributed by atoms with van der Waals surface area (Å²) < 4.78 is 2.93. The SMILES string of the molecule is Cc1ccc(-c2c3ccccc3c(-c3ccc4c(c3)[se]c3c(-c5c6ccccc6c(-c6ccccc6)c6ccccc56)cccc34)c3ccccc23)cc1. The summed E-state index contributed by atoms with van der Waals surface area (Å²) in [6, 6.07) is 70.2. The maximum absolute atomic E-state index is 2.51. The molecule has 0 nitrogen and oxygen atoms in total. The van der Waals surface area contributed by atoms with Gasteiger partial charge in [-0.05, 0) is 0 Å². The molecule has 11 aromatic rings. The van der Waals surface area contributed by atoms with E-state index in [1.807, 2.05) is 0 Å². The quantitative estimate of drug-likeness (QED) is 0.124. The van der Waals surface area contributed by atoms with Crippen LogP contribution in [0.2, 0.25) is 0 Å². The van der Waals surface area contributed by atoms with E-state index < -0.39 is 0 Å². The summed E-state index contributed by atoms with van der Waals surface area (Å²) in [6.07, 6.45) is 0. The zero-order chi connectivity index (χ0) is 35.8. The van der Waals surface area contributed by atoms with Gasteiger partial charge in [0.1, 0.15) is 0 Å². The van der Waals surface area contributed by atoms with Gasteiger partial charge in [-0.2, -0.15) is 0 Å². The minimum absolute atomic E-state index is 0.130. The molecular formula is C53H34Se. The van der Waals surface area contributed by atoms with Gasteiger partial charge < -0.3 is 0 Å². The van der Waals surface area contributed by atoms with Crippen LogP contribution in [0.5, 0.6) is 0 Å². The molecule has 0 aliphatic carbocycles. The van der Waals surface area contributed by atoms with Crippen LogP contribution in [0.4, 0.5) is 0 Å². The van der Waals surface area contributed by atoms with Crippen molar-refractivity contribution < 1.29 is 0 Å². The van der Waals surface area contributed by atoms with Crippen LogP contribution in [0.25, 0.3) is 107 Å². The van der Waals surface area contributed by atoms with Crippen molar-refractivity contribution >= 4 is 76.9 Å². The molecule has 0 saturated heterocycles. The van der Waals surface area contributed by atoms with E-state index in [0.717, 1.165) is 0 Å². The molecule has 252 valence electrons. The van der Waals surface area contributed by atoms with Gasteiger partial charge in [-0.3, -0.25) is 0 Å². The molecule has 0 aliphatic rings. The third-order valence-electron chi connectivity index (χ3n) is 11.3. The first kappa shape index (κ1) is 31.3. The summed E-state index contributed by atoms with van der Waals surface area (Å²) in [4.78, 5) is 0. The molecule has 1 heteroatoms. The van der Waals surface area contributed by atoms with E-state index in [-0.39, 0.29) is 14.5 Å². The molecule has 54 heavy (non-hydrogen) atoms. The molecular weight excluding hydrogens is 716 g/mol. The van der Waals surface area contributed by atoms with E-state index >= 15 is 0 Å². The summed E-state index contributed by atoms with van der Waals surface area (Å²) in [5.41, 5.74) is 11.7. The number of hydrogen-bond donors (Lipinski definition) is 0. The van der Waals surface area contributed by atoms with Crippen molar-refractivity contribution in [2.45, 2.75) is 6.92 Å². The van der Waals surface area contributed by atoms with Crippen LogP contribution in [0, 0.1) is 6.92 Å². The molecule has 0 unspecified atom stereocenters. The Morgan fingerprint density at radius 2 is 0.704 bits per heavy atom. The van der Waals surface area contributed by atoms with E-state index in [9.17, 15) is 0 Å². The second-order valence-electron chi connectivity index (χ2n) is 14.4. The summed E-state index contributed by atoms with van der Waals surface area (Å²) in [6.45, 7) is 2.16. The van der Waals surface area contributed by atoms with Crippen molar-refractivity contribution in [3.05, 3.63) is 194 Å². The Hall–Kier alpha value is -6.24. The Bertz CT molecular complexity index is 3140. The predicted octanol–water partition coefficient (Wildman–Crippen LogP) is 14.6. The van der Waals surface area contributed by atoms with Crippen LogP contribution in [0.1, 0.15) is 5.56 Å². The Morgan fingerprint density at radius 3 is 1.22 bits per heavy atom. The molecule has 0 spiro atoms. The first-order valence-electron chi connectivity index (χ1n) is 18.7. The van der Waals surface area contributed by atoms with Crippen LogP contribution in [0.3, 0.4) is 0 Å². The topological polar surface area (TPSA) is 0 Å². The van der Waals surface area contributed by atoms with Crippen molar-refractivity contribution in [1.82, 2.24) is 0 Å². The Labute approximate surface area is 320 Å². The van der Waals surface area contributed by atoms with Gasteiger partial charge in [0, 0.05) is 0 Å². The van der Waals surface area contributed by atoms with E-state index in [1.165, 1.54) is 112 Å². The summed E-state index contributed by atoms with van der Waals surface area (Å²) in [7, 11) is 0. The molecule has 1 aromatic heterocycles. The van der Waals surface area contributed by atoms with Crippen molar-refractivity contribution in [1.29, 1.82) is 0 Å². The number of fused-ring (bicyclic) bond motifs is 7. The van der Waals surface area contributed by atoms with Crippen LogP contribution in [0.15, 0.2) is 188 Å². The second-order valence-corrected chi connectivity index (χ2v) is 16.6. The van der Waals surface area contributed by atoms with Gasteiger partial charge in [-0.25, -0.2) is 0 Å². The van der Waals surface area contributed by atoms with Crippen LogP contribution in [-0.2, 0) is 0 Å². The first-order valence-corrected chi connectivity index (χ1v) is 20.4. The molecule has 0 aliphatic heterocycles. The van der Waals surface area contributed by atoms with E-state index in [0.29, 0.717) is 0 Å². The van der Waals surface area contributed by atoms with Gasteiger partial charge >= 0.3 is 322 Å². The van der Waals surface area contributed by atoms with Gasteiger partial charge in [0.05, 0.1) is 0 Å². The summed E-state index contributed by atoms with van der Waals surface area (Å²) in [5.74, 6) is 0. The predicted molar refractivity (Wildman–Crippen MR) is 235 cm³/mol. The molecule has 0 bridgehead atoms. The zero-order valence-corrected chi connectivity index (χ0v) is 31.5. The molecule has 0 fully saturated rings. The van der Waals surface area contributed by atoms with Crippen LogP contribution >= 0.6 is 0 Å². The average Bonchev–Trinajstić information content (AvgIpc) is 3.61. The monoisotopic (exact) mass is 750 g/mol. The second kappa shape index (κ2) is 12.4. The Morgan fingerprint density at radius 1 is 0.296 bits per heavy atom. The molecule has 0 amide bonds. The third-order valence-corrected chi connectivity index (χ3v) is 13.8. The maximum atomic E-state index is 2.51. The van der Waals surface area contributed by atoms with Crippen molar-refractivity contribution in [2.75, 3.05) is 0 Å². The summed E-state index contributed by atoms with van der Waals surface area (Å²) >= 11 is 0.130. The number of benzene rings is 10. The molecule has 0 saturated carbocycles. The Balaban J connectivity index is 1.17. The van der Waals surface area contributed by atoms with Gasteiger partial charge in [-0.1, -0.05) is 0 Å². The molecule has 11 rings (SSSR count). The molecule has 0 atom stereocenters. The zero-order valence-electron chi connectivity index (χ0n) is 29.8. The van der Waals surface area contributed by atoms with Crippen molar-refractivity contribution in [3.63, 3.8) is 0 Å². The normalized spacial score (nSPS) is 11.8. The van der Waals surface area contributed by atoms with Gasteiger partial charge in [-0.15, -0.1) is 0 Å². The van der Waals surface area contributed by atoms with E-state index in [2.05, 4.69) is 195 Å². The third kappa shape index (κ3) is 4.76. The van der Waals surface area contributed by atoms with Crippen LogP contribution < -0.4 is 0 Å². The van der Waals surface area contributed by atoms with Gasteiger partial charge in [0.25, 0.3) is 0 Å². The number of rotatable bonds is 4. The molecule has 10 aromatic carbocycles. The fourth-order valence-electron chi connectivity index (χ4n) is 8.96. The molecule has 0 radical (unpaired) electrons. The van der Waals surface area contributed by atoms with Gasteiger partial charge in [0.15, 0.2) is 0 Å². The van der Waals surface area contributed by atoms with Crippen LogP contribution in [-0.4, -0.2) is 14.5 Å². The van der Waals surface area contributed by atoms with Crippen molar-refractivity contribution in [3.8, 4) is 44.5 Å². The summed E-state index contributed by atoms with van der Waals surface area (Å²) in [5, 5.41) is 13.1. The number of hydrogen-bond acceptors (Lipinski definition) is 0. The number of aryl methyl sites for hydroxylation is 1. The minimum atomic E-state index is 0.130. The molecule has 0 N–H and O–H groups in total. The van der Waals surface area contributed by atoms with E-state index in [1.54, 1.807) is 0 Å². The standard InChI is InChI=1S/C53H34Se/c1-33-26-28-35(29-27-33)50-38-16-5-7-18-40(38)51(41-19-8-6-17-39(41)50)36-30-31-37-46-24-13-25-47(53(46)54-48(37)32-36)52-44-22-11-9-20-42(44)49(34-14-3-2-4-15-34)43-21-10-12-23-45(43)52/h2-32H,1H3. The van der Waals surface area contributed by atoms with Crippen molar-refractivity contribution in [2.24, 2.45) is 0 Å². The molecule has 1 heterocycles. The first-order chi connectivity index (χ1) is 26.7. The average molecular weight is 750 g/mol. The fraction of sp³-hybridized carbons (Fsp3) is 0.0189. The van der Waals surface area contributed by atoms with Gasteiger partial charge in [0.2, 0.25) is 0 Å². The fourth-order valence-corrected chi connectivity index (χ4v) is 11.6. The Kier molecular flexibility index (Phi) is 7.20.